The fraction of sp³-hybridized carbons (Fsp3) is 0.727. The Labute approximate surface area is 80.0 Å². The molecule has 0 fully saturated rings. The van der Waals surface area contributed by atoms with Crippen molar-refractivity contribution in [3.63, 3.8) is 0 Å². The van der Waals surface area contributed by atoms with Gasteiger partial charge in [0.2, 0.25) is 5.78 Å². The van der Waals surface area contributed by atoms with Crippen LogP contribution in [0.5, 0.6) is 0 Å². The zero-order chi connectivity index (χ0) is 10.1. The van der Waals surface area contributed by atoms with Crippen LogP contribution in [0, 0.1) is 5.92 Å². The van der Waals surface area contributed by atoms with Crippen molar-refractivity contribution in [2.24, 2.45) is 5.92 Å². The van der Waals surface area contributed by atoms with E-state index in [1.165, 1.54) is 0 Å². The van der Waals surface area contributed by atoms with Gasteiger partial charge in [-0.15, -0.1) is 0 Å². The van der Waals surface area contributed by atoms with E-state index >= 15 is 0 Å². The van der Waals surface area contributed by atoms with E-state index in [2.05, 4.69) is 0 Å². The summed E-state index contributed by atoms with van der Waals surface area (Å²) in [5.41, 5.74) is -0.542. The number of hydrogen-bond acceptors (Lipinski definition) is 2. The highest BCUT2D eigenvalue weighted by Crippen LogP contribution is 2.34. The van der Waals surface area contributed by atoms with Crippen molar-refractivity contribution in [2.75, 3.05) is 0 Å². The number of ether oxygens (including phenoxy) is 1. The minimum absolute atomic E-state index is 0.140. The lowest BCUT2D eigenvalue weighted by atomic mass is 9.93. The van der Waals surface area contributed by atoms with Gasteiger partial charge < -0.3 is 4.74 Å². The predicted molar refractivity (Wildman–Crippen MR) is 52.3 cm³/mol. The van der Waals surface area contributed by atoms with Crippen molar-refractivity contribution in [2.45, 2.75) is 46.1 Å². The van der Waals surface area contributed by atoms with E-state index in [4.69, 9.17) is 4.74 Å². The van der Waals surface area contributed by atoms with Gasteiger partial charge in [-0.05, 0) is 12.8 Å². The zero-order valence-corrected chi connectivity index (χ0v) is 8.89. The van der Waals surface area contributed by atoms with Crippen molar-refractivity contribution < 1.29 is 9.53 Å². The molecule has 2 heteroatoms. The van der Waals surface area contributed by atoms with E-state index in [1.54, 1.807) is 6.08 Å². The third-order valence-electron chi connectivity index (χ3n) is 2.75. The first-order chi connectivity index (χ1) is 6.05. The topological polar surface area (TPSA) is 26.3 Å². The molecule has 0 unspecified atom stereocenters. The van der Waals surface area contributed by atoms with Gasteiger partial charge >= 0.3 is 0 Å². The van der Waals surface area contributed by atoms with Gasteiger partial charge in [-0.1, -0.05) is 27.7 Å². The van der Waals surface area contributed by atoms with Crippen LogP contribution in [0.1, 0.15) is 40.5 Å². The molecular formula is C11H18O2. The highest BCUT2D eigenvalue weighted by molar-refractivity contribution is 5.99. The Morgan fingerprint density at radius 1 is 1.38 bits per heavy atom. The van der Waals surface area contributed by atoms with Crippen LogP contribution in [0.2, 0.25) is 0 Å². The molecule has 0 atom stereocenters. The summed E-state index contributed by atoms with van der Waals surface area (Å²) in [7, 11) is 0. The molecule has 2 nitrogen and oxygen atoms in total. The van der Waals surface area contributed by atoms with Gasteiger partial charge in [0.05, 0.1) is 0 Å². The molecule has 0 aromatic heterocycles. The van der Waals surface area contributed by atoms with Gasteiger partial charge in [0.25, 0.3) is 0 Å². The summed E-state index contributed by atoms with van der Waals surface area (Å²) < 4.78 is 5.73. The molecule has 0 aromatic carbocycles. The van der Waals surface area contributed by atoms with Crippen LogP contribution >= 0.6 is 0 Å². The lowest BCUT2D eigenvalue weighted by Crippen LogP contribution is -2.35. The van der Waals surface area contributed by atoms with E-state index < -0.39 is 5.60 Å². The van der Waals surface area contributed by atoms with Crippen LogP contribution in [-0.4, -0.2) is 11.4 Å². The number of hydrogen-bond donors (Lipinski definition) is 0. The monoisotopic (exact) mass is 182 g/mol. The summed E-state index contributed by atoms with van der Waals surface area (Å²) in [6.07, 6.45) is 3.18. The largest absolute Gasteiger partial charge is 0.483 e. The van der Waals surface area contributed by atoms with Crippen molar-refractivity contribution in [3.05, 3.63) is 11.8 Å². The lowest BCUT2D eigenvalue weighted by Gasteiger charge is -2.26. The van der Waals surface area contributed by atoms with Gasteiger partial charge in [-0.25, -0.2) is 0 Å². The molecule has 0 aromatic rings. The summed E-state index contributed by atoms with van der Waals surface area (Å²) in [5.74, 6) is 1.29. The molecule has 1 heterocycles. The number of carbonyl (C=O) groups excluding carboxylic acids is 1. The first kappa shape index (κ1) is 10.3. The van der Waals surface area contributed by atoms with Crippen molar-refractivity contribution in [1.29, 1.82) is 0 Å². The maximum atomic E-state index is 11.7. The van der Waals surface area contributed by atoms with Gasteiger partial charge in [0.15, 0.2) is 5.60 Å². The van der Waals surface area contributed by atoms with Crippen LogP contribution in [-0.2, 0) is 9.53 Å². The van der Waals surface area contributed by atoms with Crippen LogP contribution in [0.25, 0.3) is 0 Å². The average molecular weight is 182 g/mol. The first-order valence-electron chi connectivity index (χ1n) is 5.00. The fourth-order valence-electron chi connectivity index (χ4n) is 1.59. The Balaban J connectivity index is 2.85. The highest BCUT2D eigenvalue weighted by atomic mass is 16.5. The molecule has 0 saturated heterocycles. The van der Waals surface area contributed by atoms with Gasteiger partial charge in [-0.2, -0.15) is 0 Å². The van der Waals surface area contributed by atoms with E-state index in [0.717, 1.165) is 18.6 Å². The fourth-order valence-corrected chi connectivity index (χ4v) is 1.59. The number of allylic oxidation sites excluding steroid dienone is 1. The zero-order valence-electron chi connectivity index (χ0n) is 8.89. The van der Waals surface area contributed by atoms with Crippen molar-refractivity contribution >= 4 is 5.78 Å². The highest BCUT2D eigenvalue weighted by Gasteiger charge is 2.41. The van der Waals surface area contributed by atoms with Crippen LogP contribution in [0.4, 0.5) is 0 Å². The summed E-state index contributed by atoms with van der Waals surface area (Å²) in [4.78, 5) is 11.7. The molecule has 0 bridgehead atoms. The van der Waals surface area contributed by atoms with E-state index in [1.807, 2.05) is 27.7 Å². The van der Waals surface area contributed by atoms with E-state index in [9.17, 15) is 4.79 Å². The Morgan fingerprint density at radius 2 is 1.92 bits per heavy atom. The summed E-state index contributed by atoms with van der Waals surface area (Å²) in [6, 6.07) is 0. The smallest absolute Gasteiger partial charge is 0.202 e. The van der Waals surface area contributed by atoms with Crippen molar-refractivity contribution in [1.82, 2.24) is 0 Å². The molecule has 0 aliphatic carbocycles. The second kappa shape index (κ2) is 3.52. The molecule has 1 aliphatic heterocycles. The number of carbonyl (C=O) groups is 1. The lowest BCUT2D eigenvalue weighted by molar-refractivity contribution is -0.131. The maximum absolute atomic E-state index is 11.7. The molecule has 13 heavy (non-hydrogen) atoms. The van der Waals surface area contributed by atoms with E-state index in [-0.39, 0.29) is 5.78 Å². The molecule has 0 radical (unpaired) electrons. The van der Waals surface area contributed by atoms with Gasteiger partial charge in [0.1, 0.15) is 5.76 Å². The summed E-state index contributed by atoms with van der Waals surface area (Å²) >= 11 is 0. The third-order valence-corrected chi connectivity index (χ3v) is 2.75. The first-order valence-corrected chi connectivity index (χ1v) is 5.00. The standard InChI is InChI=1S/C11H18O2/c1-5-11(6-2)10(12)7-9(13-11)8(3)4/h7-8H,5-6H2,1-4H3. The number of rotatable bonds is 3. The average Bonchev–Trinajstić information content (AvgIpc) is 2.44. The molecular weight excluding hydrogens is 164 g/mol. The normalized spacial score (nSPS) is 20.4. The molecule has 1 rings (SSSR count). The number of ketones is 1. The second-order valence-electron chi connectivity index (χ2n) is 3.87. The molecule has 0 N–H and O–H groups in total. The maximum Gasteiger partial charge on any atom is 0.202 e. The minimum atomic E-state index is -0.542. The second-order valence-corrected chi connectivity index (χ2v) is 3.87. The Bertz CT molecular complexity index is 234. The van der Waals surface area contributed by atoms with Gasteiger partial charge in [-0.3, -0.25) is 4.79 Å². The summed E-state index contributed by atoms with van der Waals surface area (Å²) in [5, 5.41) is 0. The van der Waals surface area contributed by atoms with Crippen LogP contribution in [0.15, 0.2) is 11.8 Å². The quantitative estimate of drug-likeness (QED) is 0.670. The third kappa shape index (κ3) is 1.62. The predicted octanol–water partition coefficient (Wildman–Crippen LogP) is 2.68. The molecule has 1 aliphatic rings. The van der Waals surface area contributed by atoms with Crippen molar-refractivity contribution in [3.8, 4) is 0 Å². The molecule has 0 saturated carbocycles. The minimum Gasteiger partial charge on any atom is -0.483 e. The Morgan fingerprint density at radius 3 is 2.15 bits per heavy atom. The molecule has 0 amide bonds. The Hall–Kier alpha value is -0.790. The molecule has 74 valence electrons. The SMILES string of the molecule is CCC1(CC)OC(C(C)C)=CC1=O. The Kier molecular flexibility index (Phi) is 2.79. The molecule has 0 spiro atoms. The van der Waals surface area contributed by atoms with Gasteiger partial charge in [0, 0.05) is 12.0 Å². The summed E-state index contributed by atoms with van der Waals surface area (Å²) in [6.45, 7) is 8.08. The van der Waals surface area contributed by atoms with Crippen LogP contribution < -0.4 is 0 Å². The van der Waals surface area contributed by atoms with Crippen LogP contribution in [0.3, 0.4) is 0 Å². The van der Waals surface area contributed by atoms with E-state index in [0.29, 0.717) is 5.92 Å².